The maximum absolute atomic E-state index is 11.7. The molecule has 2 rings (SSSR count). The van der Waals surface area contributed by atoms with Crippen molar-refractivity contribution in [2.45, 2.75) is 26.2 Å². The molecule has 104 valence electrons. The Hall–Kier alpha value is -1.22. The highest BCUT2D eigenvalue weighted by Gasteiger charge is 2.41. The predicted octanol–water partition coefficient (Wildman–Crippen LogP) is 2.90. The third kappa shape index (κ3) is 4.43. The zero-order valence-corrected chi connectivity index (χ0v) is 12.0. The molecule has 4 heteroatoms. The molecule has 19 heavy (non-hydrogen) atoms. The Morgan fingerprint density at radius 2 is 2.26 bits per heavy atom. The Morgan fingerprint density at radius 3 is 2.89 bits per heavy atom. The van der Waals surface area contributed by atoms with Gasteiger partial charge < -0.3 is 10.1 Å². The van der Waals surface area contributed by atoms with E-state index in [1.54, 1.807) is 0 Å². The monoisotopic (exact) mass is 281 g/mol. The largest absolute Gasteiger partial charge is 0.493 e. The van der Waals surface area contributed by atoms with Crippen molar-refractivity contribution in [1.82, 2.24) is 5.32 Å². The predicted molar refractivity (Wildman–Crippen MR) is 76.7 cm³/mol. The normalized spacial score (nSPS) is 15.9. The first-order valence-corrected chi connectivity index (χ1v) is 7.19. The number of hydrogen-bond acceptors (Lipinski definition) is 2. The average Bonchev–Trinajstić information content (AvgIpc) is 3.17. The number of aryl methyl sites for hydroxylation is 1. The minimum atomic E-state index is 0.0315. The summed E-state index contributed by atoms with van der Waals surface area (Å²) < 4.78 is 5.54. The van der Waals surface area contributed by atoms with Gasteiger partial charge in [-0.1, -0.05) is 12.1 Å². The standard InChI is InChI=1S/C15H20ClNO2/c1-12-3-2-4-13(9-12)19-8-5-14(18)17-11-15(10-16)6-7-15/h2-4,9H,5-8,10-11H2,1H3,(H,17,18). The third-order valence-electron chi connectivity index (χ3n) is 3.49. The van der Waals surface area contributed by atoms with Gasteiger partial charge in [-0.15, -0.1) is 11.6 Å². The number of carbonyl (C=O) groups is 1. The lowest BCUT2D eigenvalue weighted by Crippen LogP contribution is -2.31. The molecular weight excluding hydrogens is 262 g/mol. The van der Waals surface area contributed by atoms with Crippen LogP contribution in [0.2, 0.25) is 0 Å². The van der Waals surface area contributed by atoms with Crippen LogP contribution in [-0.2, 0) is 4.79 Å². The van der Waals surface area contributed by atoms with Crippen molar-refractivity contribution < 1.29 is 9.53 Å². The van der Waals surface area contributed by atoms with E-state index in [-0.39, 0.29) is 11.3 Å². The van der Waals surface area contributed by atoms with Crippen LogP contribution in [0, 0.1) is 12.3 Å². The first-order chi connectivity index (χ1) is 9.13. The molecule has 0 bridgehead atoms. The van der Waals surface area contributed by atoms with Crippen LogP contribution in [-0.4, -0.2) is 24.9 Å². The third-order valence-corrected chi connectivity index (χ3v) is 4.06. The zero-order valence-electron chi connectivity index (χ0n) is 11.2. The minimum absolute atomic E-state index is 0.0315. The quantitative estimate of drug-likeness (QED) is 0.781. The van der Waals surface area contributed by atoms with Crippen LogP contribution >= 0.6 is 11.6 Å². The topological polar surface area (TPSA) is 38.3 Å². The molecule has 1 aliphatic carbocycles. The average molecular weight is 282 g/mol. The summed E-state index contributed by atoms with van der Waals surface area (Å²) in [6.45, 7) is 3.11. The van der Waals surface area contributed by atoms with Crippen molar-refractivity contribution in [3.8, 4) is 5.75 Å². The number of hydrogen-bond donors (Lipinski definition) is 1. The molecule has 0 spiro atoms. The molecule has 0 radical (unpaired) electrons. The number of benzene rings is 1. The van der Waals surface area contributed by atoms with Crippen LogP contribution in [0.4, 0.5) is 0 Å². The molecule has 1 N–H and O–H groups in total. The first kappa shape index (κ1) is 14.2. The summed E-state index contributed by atoms with van der Waals surface area (Å²) in [6.07, 6.45) is 2.62. The Kier molecular flexibility index (Phi) is 4.70. The summed E-state index contributed by atoms with van der Waals surface area (Å²) in [7, 11) is 0. The van der Waals surface area contributed by atoms with Gasteiger partial charge in [-0.25, -0.2) is 0 Å². The summed E-state index contributed by atoms with van der Waals surface area (Å²) >= 11 is 5.86. The van der Waals surface area contributed by atoms with Gasteiger partial charge in [0.2, 0.25) is 5.91 Å². The maximum atomic E-state index is 11.7. The van der Waals surface area contributed by atoms with Crippen LogP contribution < -0.4 is 10.1 Å². The van der Waals surface area contributed by atoms with E-state index in [1.807, 2.05) is 31.2 Å². The van der Waals surface area contributed by atoms with E-state index in [2.05, 4.69) is 5.32 Å². The van der Waals surface area contributed by atoms with Crippen molar-refractivity contribution >= 4 is 17.5 Å². The van der Waals surface area contributed by atoms with Gasteiger partial charge in [-0.3, -0.25) is 4.79 Å². The number of carbonyl (C=O) groups excluding carboxylic acids is 1. The highest BCUT2D eigenvalue weighted by Crippen LogP contribution is 2.45. The van der Waals surface area contributed by atoms with Gasteiger partial charge in [-0.2, -0.15) is 0 Å². The van der Waals surface area contributed by atoms with Crippen molar-refractivity contribution in [2.24, 2.45) is 5.41 Å². The molecule has 0 saturated heterocycles. The van der Waals surface area contributed by atoms with E-state index in [4.69, 9.17) is 16.3 Å². The van der Waals surface area contributed by atoms with Gasteiger partial charge in [0.1, 0.15) is 5.75 Å². The van der Waals surface area contributed by atoms with Crippen molar-refractivity contribution in [1.29, 1.82) is 0 Å². The van der Waals surface area contributed by atoms with E-state index in [9.17, 15) is 4.79 Å². The fourth-order valence-electron chi connectivity index (χ4n) is 1.88. The Labute approximate surface area is 119 Å². The number of alkyl halides is 1. The molecule has 3 nitrogen and oxygen atoms in total. The molecular formula is C15H20ClNO2. The second-order valence-corrected chi connectivity index (χ2v) is 5.59. The molecule has 0 heterocycles. The number of amides is 1. The SMILES string of the molecule is Cc1cccc(OCCC(=O)NCC2(CCl)CC2)c1. The maximum Gasteiger partial charge on any atom is 0.223 e. The van der Waals surface area contributed by atoms with Crippen LogP contribution in [0.25, 0.3) is 0 Å². The summed E-state index contributed by atoms with van der Waals surface area (Å²) in [5.74, 6) is 1.48. The molecule has 0 aliphatic heterocycles. The van der Waals surface area contributed by atoms with Gasteiger partial charge in [-0.05, 0) is 37.5 Å². The molecule has 0 aromatic heterocycles. The van der Waals surface area contributed by atoms with Crippen LogP contribution in [0.3, 0.4) is 0 Å². The number of nitrogens with one attached hydrogen (secondary N) is 1. The van der Waals surface area contributed by atoms with Gasteiger partial charge in [0.15, 0.2) is 0 Å². The molecule has 1 aromatic rings. The van der Waals surface area contributed by atoms with E-state index in [0.717, 1.165) is 24.2 Å². The van der Waals surface area contributed by atoms with Crippen LogP contribution in [0.1, 0.15) is 24.8 Å². The fourth-order valence-corrected chi connectivity index (χ4v) is 2.24. The Bertz CT molecular complexity index is 444. The lowest BCUT2D eigenvalue weighted by atomic mass is 10.1. The van der Waals surface area contributed by atoms with E-state index >= 15 is 0 Å². The van der Waals surface area contributed by atoms with E-state index < -0.39 is 0 Å². The van der Waals surface area contributed by atoms with Crippen molar-refractivity contribution in [3.63, 3.8) is 0 Å². The Balaban J connectivity index is 1.64. The lowest BCUT2D eigenvalue weighted by molar-refractivity contribution is -0.121. The lowest BCUT2D eigenvalue weighted by Gasteiger charge is -2.12. The molecule has 1 aliphatic rings. The van der Waals surface area contributed by atoms with E-state index in [1.165, 1.54) is 0 Å². The smallest absolute Gasteiger partial charge is 0.223 e. The summed E-state index contributed by atoms with van der Waals surface area (Å²) in [4.78, 5) is 11.7. The molecule has 1 aromatic carbocycles. The molecule has 0 atom stereocenters. The summed E-state index contributed by atoms with van der Waals surface area (Å²) in [5.41, 5.74) is 1.33. The van der Waals surface area contributed by atoms with Gasteiger partial charge >= 0.3 is 0 Å². The summed E-state index contributed by atoms with van der Waals surface area (Å²) in [6, 6.07) is 7.82. The first-order valence-electron chi connectivity index (χ1n) is 6.66. The van der Waals surface area contributed by atoms with E-state index in [0.29, 0.717) is 25.5 Å². The summed E-state index contributed by atoms with van der Waals surface area (Å²) in [5, 5.41) is 2.93. The molecule has 1 fully saturated rings. The second kappa shape index (κ2) is 6.29. The number of rotatable bonds is 7. The van der Waals surface area contributed by atoms with Crippen molar-refractivity contribution in [2.75, 3.05) is 19.0 Å². The fraction of sp³-hybridized carbons (Fsp3) is 0.533. The molecule has 0 unspecified atom stereocenters. The molecule has 1 saturated carbocycles. The van der Waals surface area contributed by atoms with Crippen LogP contribution in [0.5, 0.6) is 5.75 Å². The van der Waals surface area contributed by atoms with Crippen LogP contribution in [0.15, 0.2) is 24.3 Å². The second-order valence-electron chi connectivity index (χ2n) is 5.33. The number of ether oxygens (including phenoxy) is 1. The highest BCUT2D eigenvalue weighted by atomic mass is 35.5. The number of halogens is 1. The van der Waals surface area contributed by atoms with Gasteiger partial charge in [0.05, 0.1) is 13.0 Å². The zero-order chi connectivity index (χ0) is 13.7. The Morgan fingerprint density at radius 1 is 1.47 bits per heavy atom. The molecule has 1 amide bonds. The van der Waals surface area contributed by atoms with Gasteiger partial charge in [0.25, 0.3) is 0 Å². The van der Waals surface area contributed by atoms with Gasteiger partial charge in [0, 0.05) is 17.8 Å². The highest BCUT2D eigenvalue weighted by molar-refractivity contribution is 6.18. The minimum Gasteiger partial charge on any atom is -0.493 e. The van der Waals surface area contributed by atoms with Crippen molar-refractivity contribution in [3.05, 3.63) is 29.8 Å².